The minimum absolute atomic E-state index is 0.0726. The predicted octanol–water partition coefficient (Wildman–Crippen LogP) is 7.55. The summed E-state index contributed by atoms with van der Waals surface area (Å²) in [5, 5.41) is 10.5. The number of rotatable bonds is 4. The first kappa shape index (κ1) is 21.7. The first-order valence-corrected chi connectivity index (χ1v) is 12.7. The molecule has 3 saturated carbocycles. The van der Waals surface area contributed by atoms with Gasteiger partial charge in [-0.05, 0) is 118 Å². The van der Waals surface area contributed by atoms with Crippen molar-refractivity contribution in [2.24, 2.45) is 46.3 Å². The van der Waals surface area contributed by atoms with Crippen LogP contribution in [0, 0.1) is 46.3 Å². The zero-order valence-electron chi connectivity index (χ0n) is 20.0. The van der Waals surface area contributed by atoms with Gasteiger partial charge in [0.2, 0.25) is 0 Å². The lowest BCUT2D eigenvalue weighted by Gasteiger charge is -2.58. The molecule has 0 aromatic carbocycles. The third kappa shape index (κ3) is 3.48. The van der Waals surface area contributed by atoms with Gasteiger partial charge in [-0.15, -0.1) is 0 Å². The van der Waals surface area contributed by atoms with E-state index in [9.17, 15) is 5.11 Å². The van der Waals surface area contributed by atoms with Gasteiger partial charge in [0.1, 0.15) is 0 Å². The molecule has 0 aliphatic heterocycles. The van der Waals surface area contributed by atoms with Crippen LogP contribution >= 0.6 is 0 Å². The maximum absolute atomic E-state index is 10.5. The zero-order chi connectivity index (χ0) is 21.0. The van der Waals surface area contributed by atoms with Crippen molar-refractivity contribution in [3.63, 3.8) is 0 Å². The van der Waals surface area contributed by atoms with Gasteiger partial charge in [0.15, 0.2) is 0 Å². The third-order valence-corrected chi connectivity index (χ3v) is 10.5. The van der Waals surface area contributed by atoms with Gasteiger partial charge in [-0.25, -0.2) is 0 Å². The fourth-order valence-electron chi connectivity index (χ4n) is 8.78. The number of allylic oxidation sites excluding steroid dienone is 4. The molecule has 4 aliphatic carbocycles. The van der Waals surface area contributed by atoms with Crippen LogP contribution < -0.4 is 0 Å². The van der Waals surface area contributed by atoms with Gasteiger partial charge in [-0.2, -0.15) is 0 Å². The zero-order valence-corrected chi connectivity index (χ0v) is 20.0. The molecule has 4 aliphatic rings. The molecule has 0 aromatic rings. The fourth-order valence-corrected chi connectivity index (χ4v) is 8.78. The van der Waals surface area contributed by atoms with Crippen LogP contribution in [0.5, 0.6) is 0 Å². The Hall–Kier alpha value is -0.560. The van der Waals surface area contributed by atoms with E-state index in [0.717, 1.165) is 30.1 Å². The van der Waals surface area contributed by atoms with Crippen LogP contribution in [0.3, 0.4) is 0 Å². The molecule has 164 valence electrons. The Morgan fingerprint density at radius 1 is 1.14 bits per heavy atom. The Bertz CT molecular complexity index is 670. The number of fused-ring (bicyclic) bond motifs is 5. The maximum atomic E-state index is 10.5. The number of aliphatic hydroxyl groups excluding tert-OH is 1. The smallest absolute Gasteiger partial charge is 0.0569 e. The molecule has 0 saturated heterocycles. The molecular formula is C28H46O. The molecule has 1 N–H and O–H groups in total. The Labute approximate surface area is 180 Å². The van der Waals surface area contributed by atoms with Crippen molar-refractivity contribution >= 4 is 0 Å². The van der Waals surface area contributed by atoms with Gasteiger partial charge in [-0.3, -0.25) is 0 Å². The normalized spacial score (nSPS) is 47.5. The lowest BCUT2D eigenvalue weighted by atomic mass is 9.47. The molecule has 0 heterocycles. The van der Waals surface area contributed by atoms with E-state index in [-0.39, 0.29) is 6.10 Å². The monoisotopic (exact) mass is 398 g/mol. The molecule has 29 heavy (non-hydrogen) atoms. The van der Waals surface area contributed by atoms with Crippen LogP contribution in [0.25, 0.3) is 0 Å². The lowest BCUT2D eigenvalue weighted by molar-refractivity contribution is -0.0539. The predicted molar refractivity (Wildman–Crippen MR) is 124 cm³/mol. The van der Waals surface area contributed by atoms with Crippen molar-refractivity contribution in [1.29, 1.82) is 0 Å². The first-order chi connectivity index (χ1) is 13.7. The standard InChI is InChI=1S/C28H46O/c1-18(2)8-7-9-19(3)22-12-13-24-21-10-11-23-20(4)26(29)15-17-28(23,6)25(21)14-16-27(22,24)5/h8,14,19-24,26,29H,7,9-13,15-17H2,1-6H3/t19-,20?,21?,22-,23+,24+,26+,27-,28+/m1/s1. The van der Waals surface area contributed by atoms with Crippen molar-refractivity contribution < 1.29 is 5.11 Å². The summed E-state index contributed by atoms with van der Waals surface area (Å²) in [6.07, 6.45) is 16.8. The average molecular weight is 399 g/mol. The van der Waals surface area contributed by atoms with Gasteiger partial charge >= 0.3 is 0 Å². The van der Waals surface area contributed by atoms with E-state index in [1.807, 2.05) is 5.57 Å². The highest BCUT2D eigenvalue weighted by Gasteiger charge is 2.58. The topological polar surface area (TPSA) is 20.2 Å². The number of hydrogen-bond donors (Lipinski definition) is 1. The van der Waals surface area contributed by atoms with Crippen molar-refractivity contribution in [2.45, 2.75) is 105 Å². The molecule has 1 heteroatoms. The van der Waals surface area contributed by atoms with E-state index in [2.05, 4.69) is 53.7 Å². The summed E-state index contributed by atoms with van der Waals surface area (Å²) in [7, 11) is 0. The molecule has 2 unspecified atom stereocenters. The van der Waals surface area contributed by atoms with Crippen molar-refractivity contribution in [3.8, 4) is 0 Å². The van der Waals surface area contributed by atoms with Crippen LogP contribution in [-0.4, -0.2) is 11.2 Å². The maximum Gasteiger partial charge on any atom is 0.0569 e. The molecule has 0 radical (unpaired) electrons. The minimum Gasteiger partial charge on any atom is -0.393 e. The Kier molecular flexibility index (Phi) is 5.86. The highest BCUT2D eigenvalue weighted by molar-refractivity contribution is 5.29. The van der Waals surface area contributed by atoms with E-state index >= 15 is 0 Å². The Morgan fingerprint density at radius 3 is 2.59 bits per heavy atom. The highest BCUT2D eigenvalue weighted by atomic mass is 16.3. The van der Waals surface area contributed by atoms with E-state index in [1.165, 1.54) is 56.9 Å². The van der Waals surface area contributed by atoms with Crippen LogP contribution in [0.2, 0.25) is 0 Å². The van der Waals surface area contributed by atoms with Gasteiger partial charge < -0.3 is 5.11 Å². The molecule has 0 amide bonds. The van der Waals surface area contributed by atoms with E-state index < -0.39 is 0 Å². The average Bonchev–Trinajstić information content (AvgIpc) is 3.02. The second-order valence-corrected chi connectivity index (χ2v) is 12.2. The van der Waals surface area contributed by atoms with Gasteiger partial charge in [0.25, 0.3) is 0 Å². The summed E-state index contributed by atoms with van der Waals surface area (Å²) < 4.78 is 0. The summed E-state index contributed by atoms with van der Waals surface area (Å²) in [4.78, 5) is 0. The summed E-state index contributed by atoms with van der Waals surface area (Å²) in [5.41, 5.74) is 4.17. The summed E-state index contributed by atoms with van der Waals surface area (Å²) in [5.74, 6) is 4.63. The van der Waals surface area contributed by atoms with Crippen molar-refractivity contribution in [2.75, 3.05) is 0 Å². The van der Waals surface area contributed by atoms with Gasteiger partial charge in [0, 0.05) is 0 Å². The molecule has 0 bridgehead atoms. The van der Waals surface area contributed by atoms with Crippen LogP contribution in [0.15, 0.2) is 23.3 Å². The summed E-state index contributed by atoms with van der Waals surface area (Å²) in [6.45, 7) is 14.5. The summed E-state index contributed by atoms with van der Waals surface area (Å²) in [6, 6.07) is 0. The van der Waals surface area contributed by atoms with Crippen LogP contribution in [0.4, 0.5) is 0 Å². The molecule has 4 rings (SSSR count). The third-order valence-electron chi connectivity index (χ3n) is 10.5. The van der Waals surface area contributed by atoms with E-state index in [1.54, 1.807) is 0 Å². The number of aliphatic hydroxyl groups is 1. The number of hydrogen-bond acceptors (Lipinski definition) is 1. The van der Waals surface area contributed by atoms with Crippen molar-refractivity contribution in [3.05, 3.63) is 23.3 Å². The molecule has 9 atom stereocenters. The fraction of sp³-hybridized carbons (Fsp3) is 0.857. The molecule has 3 fully saturated rings. The molecule has 0 aromatic heterocycles. The van der Waals surface area contributed by atoms with E-state index in [4.69, 9.17) is 0 Å². The van der Waals surface area contributed by atoms with Crippen molar-refractivity contribution in [1.82, 2.24) is 0 Å². The largest absolute Gasteiger partial charge is 0.393 e. The molecular weight excluding hydrogens is 352 g/mol. The van der Waals surface area contributed by atoms with E-state index in [0.29, 0.717) is 22.7 Å². The summed E-state index contributed by atoms with van der Waals surface area (Å²) >= 11 is 0. The quantitative estimate of drug-likeness (QED) is 0.484. The van der Waals surface area contributed by atoms with Crippen LogP contribution in [-0.2, 0) is 0 Å². The lowest BCUT2D eigenvalue weighted by Crippen LogP contribution is -2.51. The second-order valence-electron chi connectivity index (χ2n) is 12.2. The highest BCUT2D eigenvalue weighted by Crippen LogP contribution is 2.67. The van der Waals surface area contributed by atoms with Gasteiger partial charge in [-0.1, -0.05) is 51.0 Å². The second kappa shape index (κ2) is 7.85. The van der Waals surface area contributed by atoms with Gasteiger partial charge in [0.05, 0.1) is 6.10 Å². The Morgan fingerprint density at radius 2 is 1.86 bits per heavy atom. The SMILES string of the molecule is CC(C)=CCC[C@@H](C)[C@H]1CC[C@H]2C3CC[C@H]4C(C)[C@@H](O)CC[C@]4(C)C3=CC[C@]12C. The Balaban J connectivity index is 1.55. The minimum atomic E-state index is -0.0726. The van der Waals surface area contributed by atoms with Crippen LogP contribution in [0.1, 0.15) is 99.3 Å². The molecule has 1 nitrogen and oxygen atoms in total. The first-order valence-electron chi connectivity index (χ1n) is 12.7. The molecule has 0 spiro atoms.